The lowest BCUT2D eigenvalue weighted by Crippen LogP contribution is -1.93. The first kappa shape index (κ1) is 8.65. The molecule has 0 saturated heterocycles. The first-order chi connectivity index (χ1) is 6.18. The highest BCUT2D eigenvalue weighted by molar-refractivity contribution is 8.11. The predicted molar refractivity (Wildman–Crippen MR) is 54.9 cm³/mol. The molecule has 0 bridgehead atoms. The van der Waals surface area contributed by atoms with Gasteiger partial charge in [-0.05, 0) is 6.07 Å². The number of fused-ring (bicyclic) bond motifs is 1. The third-order valence-corrected chi connectivity index (χ3v) is 2.18. The molecular weight excluding hydrogens is 208 g/mol. The van der Waals surface area contributed by atoms with Crippen molar-refractivity contribution >= 4 is 29.0 Å². The molecule has 0 saturated carbocycles. The second-order valence-corrected chi connectivity index (χ2v) is 3.69. The Labute approximate surface area is 85.7 Å². The van der Waals surface area contributed by atoms with Gasteiger partial charge in [0.2, 0.25) is 6.79 Å². The maximum absolute atomic E-state index is 9.47. The quantitative estimate of drug-likeness (QED) is 0.551. The average molecular weight is 214 g/mol. The molecule has 1 aliphatic heterocycles. The van der Waals surface area contributed by atoms with E-state index >= 15 is 0 Å². The van der Waals surface area contributed by atoms with Crippen LogP contribution in [0.4, 0.5) is 0 Å². The third kappa shape index (κ3) is 1.45. The van der Waals surface area contributed by atoms with E-state index in [1.807, 2.05) is 0 Å². The van der Waals surface area contributed by atoms with Crippen LogP contribution in [0.3, 0.4) is 0 Å². The molecule has 0 radical (unpaired) electrons. The fourth-order valence-electron chi connectivity index (χ4n) is 1.10. The summed E-state index contributed by atoms with van der Waals surface area (Å²) in [5.41, 5.74) is 0.489. The third-order valence-electron chi connectivity index (χ3n) is 1.72. The highest BCUT2D eigenvalue weighted by atomic mass is 32.1. The van der Waals surface area contributed by atoms with E-state index in [9.17, 15) is 5.11 Å². The van der Waals surface area contributed by atoms with Gasteiger partial charge in [0.05, 0.1) is 4.20 Å². The van der Waals surface area contributed by atoms with Crippen LogP contribution >= 0.6 is 24.8 Å². The number of aromatic hydroxyl groups is 1. The van der Waals surface area contributed by atoms with E-state index < -0.39 is 0 Å². The number of benzene rings is 1. The van der Waals surface area contributed by atoms with Crippen LogP contribution in [-0.2, 0) is 0 Å². The van der Waals surface area contributed by atoms with Crippen LogP contribution < -0.4 is 9.47 Å². The van der Waals surface area contributed by atoms with Crippen LogP contribution in [0.15, 0.2) is 12.1 Å². The summed E-state index contributed by atoms with van der Waals surface area (Å²) in [6, 6.07) is 3.09. The first-order valence-corrected chi connectivity index (χ1v) is 4.40. The van der Waals surface area contributed by atoms with Gasteiger partial charge in [-0.2, -0.15) is 0 Å². The molecule has 0 aromatic heterocycles. The summed E-state index contributed by atoms with van der Waals surface area (Å²) in [4.78, 5) is 0. The maximum Gasteiger partial charge on any atom is 0.231 e. The van der Waals surface area contributed by atoms with Crippen LogP contribution in [0.5, 0.6) is 17.2 Å². The fraction of sp³-hybridized carbons (Fsp3) is 0.125. The van der Waals surface area contributed by atoms with Gasteiger partial charge in [0, 0.05) is 11.6 Å². The standard InChI is InChI=1S/C8H6O3S2/c9-5-2-7-6(10-3-11-7)1-4(5)8(12)13/h1-2,9H,3H2,(H,12,13). The summed E-state index contributed by atoms with van der Waals surface area (Å²) in [6.45, 7) is 0.178. The van der Waals surface area contributed by atoms with Gasteiger partial charge < -0.3 is 14.6 Å². The van der Waals surface area contributed by atoms with Crippen molar-refractivity contribution in [3.8, 4) is 17.2 Å². The summed E-state index contributed by atoms with van der Waals surface area (Å²) in [6.07, 6.45) is 0. The van der Waals surface area contributed by atoms with Gasteiger partial charge in [-0.15, -0.1) is 12.6 Å². The van der Waals surface area contributed by atoms with Crippen molar-refractivity contribution in [1.82, 2.24) is 0 Å². The number of rotatable bonds is 1. The number of ether oxygens (including phenoxy) is 2. The number of phenols is 1. The molecule has 68 valence electrons. The van der Waals surface area contributed by atoms with Crippen molar-refractivity contribution in [2.24, 2.45) is 0 Å². The Balaban J connectivity index is 2.55. The van der Waals surface area contributed by atoms with Crippen molar-refractivity contribution in [2.75, 3.05) is 6.79 Å². The van der Waals surface area contributed by atoms with Gasteiger partial charge in [0.15, 0.2) is 11.5 Å². The molecule has 5 heteroatoms. The van der Waals surface area contributed by atoms with Gasteiger partial charge in [-0.3, -0.25) is 0 Å². The van der Waals surface area contributed by atoms with Crippen molar-refractivity contribution < 1.29 is 14.6 Å². The van der Waals surface area contributed by atoms with Crippen molar-refractivity contribution in [3.63, 3.8) is 0 Å². The van der Waals surface area contributed by atoms with Crippen LogP contribution in [0.2, 0.25) is 0 Å². The lowest BCUT2D eigenvalue weighted by molar-refractivity contribution is 0.174. The fourth-order valence-corrected chi connectivity index (χ4v) is 1.45. The Bertz CT molecular complexity index is 376. The monoisotopic (exact) mass is 214 g/mol. The summed E-state index contributed by atoms with van der Waals surface area (Å²) in [7, 11) is 0. The second kappa shape index (κ2) is 3.08. The molecule has 1 heterocycles. The van der Waals surface area contributed by atoms with Gasteiger partial charge in [-0.25, -0.2) is 0 Å². The molecule has 2 rings (SSSR count). The summed E-state index contributed by atoms with van der Waals surface area (Å²) in [5.74, 6) is 1.18. The number of hydrogen-bond acceptors (Lipinski definition) is 4. The molecule has 0 unspecified atom stereocenters. The Hall–Kier alpha value is -0.940. The Kier molecular flexibility index (Phi) is 2.05. The lowest BCUT2D eigenvalue weighted by atomic mass is 10.2. The van der Waals surface area contributed by atoms with E-state index in [0.717, 1.165) is 0 Å². The predicted octanol–water partition coefficient (Wildman–Crippen LogP) is 1.73. The van der Waals surface area contributed by atoms with E-state index in [4.69, 9.17) is 21.7 Å². The van der Waals surface area contributed by atoms with Gasteiger partial charge in [0.1, 0.15) is 5.75 Å². The molecule has 3 nitrogen and oxygen atoms in total. The van der Waals surface area contributed by atoms with E-state index in [1.54, 1.807) is 6.07 Å². The smallest absolute Gasteiger partial charge is 0.231 e. The summed E-state index contributed by atoms with van der Waals surface area (Å²) < 4.78 is 10.5. The normalized spacial score (nSPS) is 13.0. The van der Waals surface area contributed by atoms with E-state index in [2.05, 4.69) is 12.6 Å². The highest BCUT2D eigenvalue weighted by Crippen LogP contribution is 2.38. The van der Waals surface area contributed by atoms with E-state index in [-0.39, 0.29) is 12.5 Å². The molecule has 1 aromatic carbocycles. The Morgan fingerprint density at radius 3 is 2.62 bits per heavy atom. The zero-order valence-corrected chi connectivity index (χ0v) is 8.19. The molecule has 1 aromatic rings. The Morgan fingerprint density at radius 1 is 1.38 bits per heavy atom. The zero-order valence-electron chi connectivity index (χ0n) is 6.48. The summed E-state index contributed by atoms with van der Waals surface area (Å²) >= 11 is 8.80. The van der Waals surface area contributed by atoms with Crippen LogP contribution in [0, 0.1) is 0 Å². The average Bonchev–Trinajstić information content (AvgIpc) is 2.48. The molecule has 0 atom stereocenters. The minimum absolute atomic E-state index is 0.0595. The molecule has 13 heavy (non-hydrogen) atoms. The molecule has 0 aliphatic carbocycles. The number of phenolic OH excluding ortho intramolecular Hbond substituents is 1. The van der Waals surface area contributed by atoms with Crippen LogP contribution in [0.1, 0.15) is 5.56 Å². The Morgan fingerprint density at radius 2 is 2.00 bits per heavy atom. The topological polar surface area (TPSA) is 38.7 Å². The number of thiol groups is 1. The SMILES string of the molecule is Oc1cc2c(cc1C(=S)S)OCO2. The van der Waals surface area contributed by atoms with Crippen molar-refractivity contribution in [2.45, 2.75) is 0 Å². The van der Waals surface area contributed by atoms with Gasteiger partial charge in [0.25, 0.3) is 0 Å². The van der Waals surface area contributed by atoms with Gasteiger partial charge in [-0.1, -0.05) is 12.2 Å². The molecule has 0 spiro atoms. The second-order valence-electron chi connectivity index (χ2n) is 2.53. The van der Waals surface area contributed by atoms with E-state index in [0.29, 0.717) is 21.3 Å². The molecule has 0 fully saturated rings. The molecule has 0 amide bonds. The highest BCUT2D eigenvalue weighted by Gasteiger charge is 2.17. The number of thiocarbonyl (C=S) groups is 1. The molecule has 1 aliphatic rings. The van der Waals surface area contributed by atoms with Crippen molar-refractivity contribution in [3.05, 3.63) is 17.7 Å². The van der Waals surface area contributed by atoms with Crippen LogP contribution in [0.25, 0.3) is 0 Å². The zero-order chi connectivity index (χ0) is 9.42. The maximum atomic E-state index is 9.47. The molecular formula is C8H6O3S2. The van der Waals surface area contributed by atoms with Gasteiger partial charge >= 0.3 is 0 Å². The first-order valence-electron chi connectivity index (χ1n) is 3.54. The summed E-state index contributed by atoms with van der Waals surface area (Å²) in [5, 5.41) is 9.47. The van der Waals surface area contributed by atoms with E-state index in [1.165, 1.54) is 6.07 Å². The molecule has 1 N–H and O–H groups in total. The lowest BCUT2D eigenvalue weighted by Gasteiger charge is -2.03. The number of hydrogen-bond donors (Lipinski definition) is 2. The van der Waals surface area contributed by atoms with Crippen LogP contribution in [-0.4, -0.2) is 16.1 Å². The largest absolute Gasteiger partial charge is 0.507 e. The minimum Gasteiger partial charge on any atom is -0.507 e. The van der Waals surface area contributed by atoms with Crippen molar-refractivity contribution in [1.29, 1.82) is 0 Å². The minimum atomic E-state index is 0.0595.